The molecule has 1 aliphatic heterocycles. The van der Waals surface area contributed by atoms with Crippen molar-refractivity contribution in [1.29, 1.82) is 0 Å². The fourth-order valence-electron chi connectivity index (χ4n) is 2.04. The Morgan fingerprint density at radius 3 is 2.56 bits per heavy atom. The van der Waals surface area contributed by atoms with Crippen LogP contribution in [0.4, 0.5) is 0 Å². The molecule has 3 heteroatoms. The zero-order chi connectivity index (χ0) is 11.0. The number of H-pyrrole nitrogens is 1. The van der Waals surface area contributed by atoms with E-state index in [4.69, 9.17) is 4.98 Å². The fourth-order valence-corrected chi connectivity index (χ4v) is 2.04. The van der Waals surface area contributed by atoms with Crippen LogP contribution < -0.4 is 5.32 Å². The van der Waals surface area contributed by atoms with Crippen molar-refractivity contribution in [3.05, 3.63) is 41.9 Å². The highest BCUT2D eigenvalue weighted by Crippen LogP contribution is 2.25. The molecular weight excluding hydrogens is 198 g/mol. The third-order valence-electron chi connectivity index (χ3n) is 3.12. The molecule has 2 heterocycles. The minimum absolute atomic E-state index is 0.566. The Labute approximate surface area is 94.9 Å². The Hall–Kier alpha value is -1.61. The molecule has 0 amide bonds. The Morgan fingerprint density at radius 2 is 1.94 bits per heavy atom. The molecule has 16 heavy (non-hydrogen) atoms. The summed E-state index contributed by atoms with van der Waals surface area (Å²) in [5.74, 6) is 1.69. The molecule has 0 atom stereocenters. The van der Waals surface area contributed by atoms with Gasteiger partial charge >= 0.3 is 0 Å². The molecule has 1 aromatic heterocycles. The zero-order valence-corrected chi connectivity index (χ0v) is 9.33. The Bertz CT molecular complexity index is 483. The van der Waals surface area contributed by atoms with Crippen LogP contribution in [-0.2, 0) is 0 Å². The maximum Gasteiger partial charge on any atom is 0.112 e. The highest BCUT2D eigenvalue weighted by molar-refractivity contribution is 5.61. The standard InChI is InChI=1S/C13H15N3/c1-9-12(10-5-3-2-4-6-10)16-13(15-9)11-7-14-8-11/h2-6,11,14H,7-8H2,1H3,(H,15,16). The molecule has 1 aromatic carbocycles. The zero-order valence-electron chi connectivity index (χ0n) is 9.33. The number of nitrogens with zero attached hydrogens (tertiary/aromatic N) is 1. The molecule has 2 N–H and O–H groups in total. The third kappa shape index (κ3) is 1.53. The van der Waals surface area contributed by atoms with Gasteiger partial charge in [0.2, 0.25) is 0 Å². The van der Waals surface area contributed by atoms with Gasteiger partial charge in [0.15, 0.2) is 0 Å². The van der Waals surface area contributed by atoms with Gasteiger partial charge in [-0.25, -0.2) is 4.98 Å². The molecule has 0 spiro atoms. The monoisotopic (exact) mass is 213 g/mol. The number of hydrogen-bond donors (Lipinski definition) is 2. The Morgan fingerprint density at radius 1 is 1.19 bits per heavy atom. The molecule has 1 aliphatic rings. The van der Waals surface area contributed by atoms with Crippen LogP contribution in [0.5, 0.6) is 0 Å². The lowest BCUT2D eigenvalue weighted by Crippen LogP contribution is -2.40. The van der Waals surface area contributed by atoms with Crippen LogP contribution in [0.25, 0.3) is 11.3 Å². The maximum atomic E-state index is 4.71. The number of benzene rings is 1. The normalized spacial score (nSPS) is 16.1. The van der Waals surface area contributed by atoms with E-state index in [2.05, 4.69) is 29.4 Å². The Kier molecular flexibility index (Phi) is 2.26. The molecule has 2 aromatic rings. The lowest BCUT2D eigenvalue weighted by molar-refractivity contribution is 0.432. The van der Waals surface area contributed by atoms with E-state index in [1.807, 2.05) is 18.2 Å². The summed E-state index contributed by atoms with van der Waals surface area (Å²) in [6.45, 7) is 4.17. The number of aryl methyl sites for hydroxylation is 1. The Balaban J connectivity index is 1.98. The number of aromatic nitrogens is 2. The highest BCUT2D eigenvalue weighted by atomic mass is 15.0. The summed E-state index contributed by atoms with van der Waals surface area (Å²) >= 11 is 0. The van der Waals surface area contributed by atoms with E-state index in [0.717, 1.165) is 30.3 Å². The van der Waals surface area contributed by atoms with Crippen LogP contribution in [0.3, 0.4) is 0 Å². The van der Waals surface area contributed by atoms with E-state index in [1.54, 1.807) is 0 Å². The van der Waals surface area contributed by atoms with Crippen LogP contribution >= 0.6 is 0 Å². The topological polar surface area (TPSA) is 40.7 Å². The van der Waals surface area contributed by atoms with Gasteiger partial charge in [-0.05, 0) is 6.92 Å². The van der Waals surface area contributed by atoms with Crippen molar-refractivity contribution in [3.8, 4) is 11.3 Å². The summed E-state index contributed by atoms with van der Waals surface area (Å²) in [6, 6.07) is 10.3. The second kappa shape index (κ2) is 3.76. The van der Waals surface area contributed by atoms with Crippen LogP contribution in [-0.4, -0.2) is 23.1 Å². The summed E-state index contributed by atoms with van der Waals surface area (Å²) < 4.78 is 0. The van der Waals surface area contributed by atoms with E-state index < -0.39 is 0 Å². The van der Waals surface area contributed by atoms with Crippen LogP contribution in [0.1, 0.15) is 17.4 Å². The van der Waals surface area contributed by atoms with E-state index >= 15 is 0 Å². The minimum Gasteiger partial charge on any atom is -0.345 e. The van der Waals surface area contributed by atoms with Gasteiger partial charge in [-0.3, -0.25) is 0 Å². The minimum atomic E-state index is 0.566. The first-order valence-corrected chi connectivity index (χ1v) is 5.67. The van der Waals surface area contributed by atoms with E-state index in [1.165, 1.54) is 5.56 Å². The summed E-state index contributed by atoms with van der Waals surface area (Å²) in [7, 11) is 0. The summed E-state index contributed by atoms with van der Waals surface area (Å²) in [4.78, 5) is 8.10. The van der Waals surface area contributed by atoms with Gasteiger partial charge in [0.25, 0.3) is 0 Å². The van der Waals surface area contributed by atoms with Gasteiger partial charge in [0.1, 0.15) is 5.82 Å². The first-order chi connectivity index (χ1) is 7.84. The van der Waals surface area contributed by atoms with Gasteiger partial charge in [-0.15, -0.1) is 0 Å². The average molecular weight is 213 g/mol. The molecule has 0 aliphatic carbocycles. The second-order valence-corrected chi connectivity index (χ2v) is 4.32. The molecule has 3 nitrogen and oxygen atoms in total. The summed E-state index contributed by atoms with van der Waals surface area (Å²) in [5, 5.41) is 3.27. The SMILES string of the molecule is Cc1[nH]c(C2CNC2)nc1-c1ccccc1. The number of nitrogens with one attached hydrogen (secondary N) is 2. The van der Waals surface area contributed by atoms with Crippen LogP contribution in [0.2, 0.25) is 0 Å². The predicted octanol–water partition coefficient (Wildman–Crippen LogP) is 2.07. The van der Waals surface area contributed by atoms with Crippen molar-refractivity contribution in [3.63, 3.8) is 0 Å². The fraction of sp³-hybridized carbons (Fsp3) is 0.308. The number of rotatable bonds is 2. The molecule has 1 saturated heterocycles. The summed E-state index contributed by atoms with van der Waals surface area (Å²) in [6.07, 6.45) is 0. The van der Waals surface area contributed by atoms with Crippen LogP contribution in [0.15, 0.2) is 30.3 Å². The smallest absolute Gasteiger partial charge is 0.112 e. The lowest BCUT2D eigenvalue weighted by Gasteiger charge is -2.24. The average Bonchev–Trinajstić information content (AvgIpc) is 2.59. The van der Waals surface area contributed by atoms with Gasteiger partial charge < -0.3 is 10.3 Å². The first kappa shape index (κ1) is 9.60. The molecule has 0 bridgehead atoms. The van der Waals surface area contributed by atoms with Gasteiger partial charge in [-0.2, -0.15) is 0 Å². The van der Waals surface area contributed by atoms with E-state index in [-0.39, 0.29) is 0 Å². The van der Waals surface area contributed by atoms with E-state index in [9.17, 15) is 0 Å². The number of aromatic amines is 1. The molecule has 0 radical (unpaired) electrons. The molecule has 1 fully saturated rings. The quantitative estimate of drug-likeness (QED) is 0.801. The van der Waals surface area contributed by atoms with Crippen molar-refractivity contribution in [2.24, 2.45) is 0 Å². The predicted molar refractivity (Wildman–Crippen MR) is 64.4 cm³/mol. The number of imidazole rings is 1. The maximum absolute atomic E-state index is 4.71. The van der Waals surface area contributed by atoms with Crippen molar-refractivity contribution in [2.75, 3.05) is 13.1 Å². The summed E-state index contributed by atoms with van der Waals surface area (Å²) in [5.41, 5.74) is 3.44. The molecule has 0 saturated carbocycles. The number of hydrogen-bond acceptors (Lipinski definition) is 2. The van der Waals surface area contributed by atoms with Crippen LogP contribution in [0, 0.1) is 6.92 Å². The highest BCUT2D eigenvalue weighted by Gasteiger charge is 2.23. The van der Waals surface area contributed by atoms with Gasteiger partial charge in [0, 0.05) is 30.3 Å². The van der Waals surface area contributed by atoms with E-state index in [0.29, 0.717) is 5.92 Å². The molecule has 3 rings (SSSR count). The molecule has 0 unspecified atom stereocenters. The molecule has 82 valence electrons. The van der Waals surface area contributed by atoms with Crippen molar-refractivity contribution < 1.29 is 0 Å². The van der Waals surface area contributed by atoms with Crippen molar-refractivity contribution >= 4 is 0 Å². The van der Waals surface area contributed by atoms with Crippen molar-refractivity contribution in [1.82, 2.24) is 15.3 Å². The second-order valence-electron chi connectivity index (χ2n) is 4.32. The van der Waals surface area contributed by atoms with Gasteiger partial charge in [-0.1, -0.05) is 30.3 Å². The largest absolute Gasteiger partial charge is 0.345 e. The van der Waals surface area contributed by atoms with Gasteiger partial charge in [0.05, 0.1) is 5.69 Å². The lowest BCUT2D eigenvalue weighted by atomic mass is 10.0. The van der Waals surface area contributed by atoms with Crippen molar-refractivity contribution in [2.45, 2.75) is 12.8 Å². The molecular formula is C13H15N3. The first-order valence-electron chi connectivity index (χ1n) is 5.67. The third-order valence-corrected chi connectivity index (χ3v) is 3.12.